The fourth-order valence-electron chi connectivity index (χ4n) is 0.767. The molecule has 0 aliphatic carbocycles. The zero-order valence-corrected chi connectivity index (χ0v) is 9.73. The van der Waals surface area contributed by atoms with Crippen LogP contribution in [0.3, 0.4) is 0 Å². The number of nitrogens with zero attached hydrogens (tertiary/aromatic N) is 3. The Hall–Kier alpha value is -0.470. The van der Waals surface area contributed by atoms with E-state index in [4.69, 9.17) is 11.6 Å². The highest BCUT2D eigenvalue weighted by Crippen LogP contribution is 2.10. The molecular weight excluding hydrogens is 248 g/mol. The SMILES string of the molecule is CC(CCl)CS(=O)(=O)Nc1nnns1. The van der Waals surface area contributed by atoms with Gasteiger partial charge in [0.25, 0.3) is 0 Å². The van der Waals surface area contributed by atoms with Crippen LogP contribution in [-0.4, -0.2) is 34.9 Å². The first-order valence-corrected chi connectivity index (χ1v) is 6.71. The van der Waals surface area contributed by atoms with Gasteiger partial charge in [0.05, 0.1) is 5.75 Å². The average molecular weight is 257 g/mol. The summed E-state index contributed by atoms with van der Waals surface area (Å²) in [4.78, 5) is 0. The van der Waals surface area contributed by atoms with E-state index >= 15 is 0 Å². The number of rotatable bonds is 5. The Morgan fingerprint density at radius 1 is 1.64 bits per heavy atom. The zero-order chi connectivity index (χ0) is 10.6. The molecule has 0 aromatic carbocycles. The third kappa shape index (κ3) is 3.72. The van der Waals surface area contributed by atoms with E-state index in [1.807, 2.05) is 0 Å². The minimum Gasteiger partial charge on any atom is -0.256 e. The first kappa shape index (κ1) is 11.6. The lowest BCUT2D eigenvalue weighted by Gasteiger charge is -2.07. The number of sulfonamides is 1. The first-order valence-electron chi connectivity index (χ1n) is 3.75. The third-order valence-electron chi connectivity index (χ3n) is 1.31. The fraction of sp³-hybridized carbons (Fsp3) is 0.800. The number of aromatic nitrogens is 3. The Labute approximate surface area is 90.9 Å². The lowest BCUT2D eigenvalue weighted by atomic mass is 10.3. The quantitative estimate of drug-likeness (QED) is 0.778. The number of halogens is 1. The molecule has 1 unspecified atom stereocenters. The van der Waals surface area contributed by atoms with Crippen molar-refractivity contribution in [3.05, 3.63) is 0 Å². The Balaban J connectivity index is 2.59. The molecule has 0 amide bonds. The van der Waals surface area contributed by atoms with Crippen molar-refractivity contribution in [2.45, 2.75) is 6.92 Å². The van der Waals surface area contributed by atoms with Crippen molar-refractivity contribution in [2.75, 3.05) is 16.4 Å². The van der Waals surface area contributed by atoms with Gasteiger partial charge in [-0.05, 0) is 11.1 Å². The van der Waals surface area contributed by atoms with Gasteiger partial charge in [-0.2, -0.15) is 0 Å². The molecule has 0 radical (unpaired) electrons. The molecule has 0 aliphatic rings. The molecule has 1 heterocycles. The highest BCUT2D eigenvalue weighted by Gasteiger charge is 2.16. The molecule has 0 fully saturated rings. The van der Waals surface area contributed by atoms with E-state index < -0.39 is 10.0 Å². The van der Waals surface area contributed by atoms with Crippen LogP contribution >= 0.6 is 23.1 Å². The Kier molecular flexibility index (Phi) is 4.02. The monoisotopic (exact) mass is 256 g/mol. The van der Waals surface area contributed by atoms with Gasteiger partial charge < -0.3 is 0 Å². The van der Waals surface area contributed by atoms with Crippen LogP contribution in [0.4, 0.5) is 5.13 Å². The summed E-state index contributed by atoms with van der Waals surface area (Å²) in [6, 6.07) is 0. The molecule has 1 aromatic heterocycles. The van der Waals surface area contributed by atoms with Gasteiger partial charge in [0.2, 0.25) is 15.2 Å². The molecule has 14 heavy (non-hydrogen) atoms. The summed E-state index contributed by atoms with van der Waals surface area (Å²) in [7, 11) is -3.38. The van der Waals surface area contributed by atoms with Crippen molar-refractivity contribution in [3.8, 4) is 0 Å². The van der Waals surface area contributed by atoms with Crippen LogP contribution in [0.2, 0.25) is 0 Å². The van der Waals surface area contributed by atoms with E-state index in [0.29, 0.717) is 5.88 Å². The molecule has 0 saturated heterocycles. The van der Waals surface area contributed by atoms with Gasteiger partial charge in [0.15, 0.2) is 0 Å². The predicted octanol–water partition coefficient (Wildman–Crippen LogP) is 0.550. The molecule has 0 bridgehead atoms. The maximum absolute atomic E-state index is 11.4. The van der Waals surface area contributed by atoms with Crippen LogP contribution in [0, 0.1) is 5.92 Å². The maximum Gasteiger partial charge on any atom is 0.238 e. The fourth-order valence-corrected chi connectivity index (χ4v) is 3.02. The topological polar surface area (TPSA) is 84.8 Å². The molecule has 0 aliphatic heterocycles. The lowest BCUT2D eigenvalue weighted by Crippen LogP contribution is -2.22. The molecule has 1 aromatic rings. The Bertz CT molecular complexity index is 365. The predicted molar refractivity (Wildman–Crippen MR) is 55.0 cm³/mol. The van der Waals surface area contributed by atoms with E-state index in [9.17, 15) is 8.42 Å². The number of nitrogens with one attached hydrogen (secondary N) is 1. The molecule has 80 valence electrons. The molecule has 1 atom stereocenters. The summed E-state index contributed by atoms with van der Waals surface area (Å²) in [5, 5.41) is 6.91. The molecule has 1 rings (SSSR count). The average Bonchev–Trinajstić information content (AvgIpc) is 2.54. The van der Waals surface area contributed by atoms with E-state index in [0.717, 1.165) is 11.5 Å². The van der Waals surface area contributed by atoms with Crippen LogP contribution in [0.25, 0.3) is 0 Å². The molecular formula is C5H9ClN4O2S2. The van der Waals surface area contributed by atoms with Crippen molar-refractivity contribution in [3.63, 3.8) is 0 Å². The van der Waals surface area contributed by atoms with Crippen LogP contribution in [0.5, 0.6) is 0 Å². The lowest BCUT2D eigenvalue weighted by molar-refractivity contribution is 0.588. The summed E-state index contributed by atoms with van der Waals surface area (Å²) < 4.78 is 28.5. The second-order valence-electron chi connectivity index (χ2n) is 2.81. The maximum atomic E-state index is 11.4. The first-order chi connectivity index (χ1) is 6.53. The molecule has 6 nitrogen and oxygen atoms in total. The molecule has 9 heteroatoms. The second kappa shape index (κ2) is 4.85. The summed E-state index contributed by atoms with van der Waals surface area (Å²) in [5.41, 5.74) is 0. The molecule has 0 saturated carbocycles. The molecule has 0 spiro atoms. The highest BCUT2D eigenvalue weighted by molar-refractivity contribution is 7.92. The summed E-state index contributed by atoms with van der Waals surface area (Å²) in [6.07, 6.45) is 0. The van der Waals surface area contributed by atoms with E-state index in [2.05, 4.69) is 19.5 Å². The number of anilines is 1. The van der Waals surface area contributed by atoms with Gasteiger partial charge in [-0.15, -0.1) is 11.6 Å². The van der Waals surface area contributed by atoms with Crippen molar-refractivity contribution >= 4 is 38.3 Å². The second-order valence-corrected chi connectivity index (χ2v) is 5.62. The van der Waals surface area contributed by atoms with Gasteiger partial charge in [0, 0.05) is 17.4 Å². The normalized spacial score (nSPS) is 13.9. The standard InChI is InChI=1S/C5H9ClN4O2S2/c1-4(2-6)3-14(11,12)8-5-7-9-10-13-5/h4H,2-3H2,1H3,(H,7,8,10). The minimum atomic E-state index is -3.38. The van der Waals surface area contributed by atoms with Crippen LogP contribution < -0.4 is 4.72 Å². The van der Waals surface area contributed by atoms with Gasteiger partial charge in [-0.3, -0.25) is 4.72 Å². The van der Waals surface area contributed by atoms with Crippen molar-refractivity contribution < 1.29 is 8.42 Å². The number of hydrogen-bond acceptors (Lipinski definition) is 6. The van der Waals surface area contributed by atoms with E-state index in [-0.39, 0.29) is 16.8 Å². The third-order valence-corrected chi connectivity index (χ3v) is 3.99. The van der Waals surface area contributed by atoms with Crippen LogP contribution in [-0.2, 0) is 10.0 Å². The van der Waals surface area contributed by atoms with Gasteiger partial charge in [-0.1, -0.05) is 16.5 Å². The minimum absolute atomic E-state index is 0.0317. The van der Waals surface area contributed by atoms with E-state index in [1.165, 1.54) is 0 Å². The van der Waals surface area contributed by atoms with Crippen molar-refractivity contribution in [1.82, 2.24) is 14.8 Å². The van der Waals surface area contributed by atoms with Gasteiger partial charge in [-0.25, -0.2) is 8.42 Å². The van der Waals surface area contributed by atoms with Gasteiger partial charge in [0.1, 0.15) is 0 Å². The smallest absolute Gasteiger partial charge is 0.238 e. The van der Waals surface area contributed by atoms with Crippen molar-refractivity contribution in [1.29, 1.82) is 0 Å². The van der Waals surface area contributed by atoms with Crippen LogP contribution in [0.15, 0.2) is 0 Å². The summed E-state index contributed by atoms with van der Waals surface area (Å²) in [6.45, 7) is 1.75. The zero-order valence-electron chi connectivity index (χ0n) is 7.34. The number of alkyl halides is 1. The summed E-state index contributed by atoms with van der Waals surface area (Å²) >= 11 is 6.40. The number of hydrogen-bond donors (Lipinski definition) is 1. The van der Waals surface area contributed by atoms with Crippen molar-refractivity contribution in [2.24, 2.45) is 5.92 Å². The molecule has 1 N–H and O–H groups in total. The highest BCUT2D eigenvalue weighted by atomic mass is 35.5. The Morgan fingerprint density at radius 3 is 2.86 bits per heavy atom. The summed E-state index contributed by atoms with van der Waals surface area (Å²) in [5.74, 6) is 0.167. The Morgan fingerprint density at radius 2 is 2.36 bits per heavy atom. The largest absolute Gasteiger partial charge is 0.256 e. The van der Waals surface area contributed by atoms with E-state index in [1.54, 1.807) is 6.92 Å². The van der Waals surface area contributed by atoms with Crippen LogP contribution in [0.1, 0.15) is 6.92 Å². The van der Waals surface area contributed by atoms with Gasteiger partial charge >= 0.3 is 0 Å².